The molecule has 0 aliphatic carbocycles. The first-order chi connectivity index (χ1) is 14.4. The third-order valence-electron chi connectivity index (χ3n) is 5.64. The number of amides is 1. The number of unbranched alkanes of at least 4 members (excludes halogenated alkanes) is 1. The molecule has 1 aliphatic rings. The zero-order chi connectivity index (χ0) is 21.6. The molecule has 2 aromatic rings. The van der Waals surface area contributed by atoms with Crippen LogP contribution in [-0.4, -0.2) is 44.5 Å². The summed E-state index contributed by atoms with van der Waals surface area (Å²) in [4.78, 5) is 14.9. The molecule has 7 heteroatoms. The summed E-state index contributed by atoms with van der Waals surface area (Å²) in [6.07, 6.45) is 2.63. The lowest BCUT2D eigenvalue weighted by Gasteiger charge is -2.31. The van der Waals surface area contributed by atoms with E-state index in [4.69, 9.17) is 0 Å². The van der Waals surface area contributed by atoms with Gasteiger partial charge in [0.1, 0.15) is 0 Å². The SMILES string of the molecule is CCCCS(=O)(=O)N1CCC(C(=O)Nc2ccccc2N(C)c2ccccc2)CC1. The lowest BCUT2D eigenvalue weighted by molar-refractivity contribution is -0.120. The van der Waals surface area contributed by atoms with Crippen molar-refractivity contribution in [3.63, 3.8) is 0 Å². The number of nitrogens with zero attached hydrogens (tertiary/aromatic N) is 2. The van der Waals surface area contributed by atoms with Crippen LogP contribution in [0.25, 0.3) is 0 Å². The van der Waals surface area contributed by atoms with Crippen molar-refractivity contribution in [3.05, 3.63) is 54.6 Å². The van der Waals surface area contributed by atoms with Gasteiger partial charge in [0.15, 0.2) is 0 Å². The summed E-state index contributed by atoms with van der Waals surface area (Å²) in [5.41, 5.74) is 2.70. The molecule has 3 rings (SSSR count). The lowest BCUT2D eigenvalue weighted by Crippen LogP contribution is -2.42. The van der Waals surface area contributed by atoms with Crippen LogP contribution in [0.2, 0.25) is 0 Å². The van der Waals surface area contributed by atoms with Gasteiger partial charge in [-0.1, -0.05) is 43.7 Å². The number of anilines is 3. The number of carbonyl (C=O) groups is 1. The van der Waals surface area contributed by atoms with Gasteiger partial charge in [0.05, 0.1) is 17.1 Å². The van der Waals surface area contributed by atoms with Gasteiger partial charge >= 0.3 is 0 Å². The van der Waals surface area contributed by atoms with Crippen molar-refractivity contribution < 1.29 is 13.2 Å². The third-order valence-corrected chi connectivity index (χ3v) is 7.60. The number of hydrogen-bond acceptors (Lipinski definition) is 4. The number of carbonyl (C=O) groups excluding carboxylic acids is 1. The van der Waals surface area contributed by atoms with Crippen LogP contribution in [0.4, 0.5) is 17.1 Å². The fourth-order valence-corrected chi connectivity index (χ4v) is 5.43. The second-order valence-electron chi connectivity index (χ2n) is 7.74. The van der Waals surface area contributed by atoms with Gasteiger partial charge in [-0.3, -0.25) is 4.79 Å². The summed E-state index contributed by atoms with van der Waals surface area (Å²) < 4.78 is 26.3. The minimum atomic E-state index is -3.21. The van der Waals surface area contributed by atoms with E-state index < -0.39 is 10.0 Å². The highest BCUT2D eigenvalue weighted by molar-refractivity contribution is 7.89. The minimum absolute atomic E-state index is 0.0467. The van der Waals surface area contributed by atoms with E-state index in [0.29, 0.717) is 32.4 Å². The average Bonchev–Trinajstić information content (AvgIpc) is 2.78. The molecule has 162 valence electrons. The van der Waals surface area contributed by atoms with E-state index in [1.807, 2.05) is 73.5 Å². The van der Waals surface area contributed by atoms with Crippen molar-refractivity contribution in [1.82, 2.24) is 4.31 Å². The molecule has 1 aliphatic heterocycles. The van der Waals surface area contributed by atoms with Crippen LogP contribution >= 0.6 is 0 Å². The minimum Gasteiger partial charge on any atom is -0.343 e. The van der Waals surface area contributed by atoms with Crippen LogP contribution < -0.4 is 10.2 Å². The molecule has 6 nitrogen and oxygen atoms in total. The molecule has 1 N–H and O–H groups in total. The van der Waals surface area contributed by atoms with Gasteiger partial charge in [-0.15, -0.1) is 0 Å². The monoisotopic (exact) mass is 429 g/mol. The summed E-state index contributed by atoms with van der Waals surface area (Å²) in [5, 5.41) is 3.07. The van der Waals surface area contributed by atoms with E-state index in [1.165, 1.54) is 0 Å². The van der Waals surface area contributed by atoms with E-state index in [9.17, 15) is 13.2 Å². The second kappa shape index (κ2) is 10.1. The molecule has 2 aromatic carbocycles. The van der Waals surface area contributed by atoms with Gasteiger partial charge in [0.25, 0.3) is 0 Å². The first-order valence-corrected chi connectivity index (χ1v) is 12.2. The Kier molecular flexibility index (Phi) is 7.50. The molecule has 1 saturated heterocycles. The predicted octanol–water partition coefficient (Wildman–Crippen LogP) is 4.23. The van der Waals surface area contributed by atoms with E-state index in [1.54, 1.807) is 4.31 Å². The molecule has 0 atom stereocenters. The van der Waals surface area contributed by atoms with Gasteiger partial charge in [0, 0.05) is 31.7 Å². The molecule has 30 heavy (non-hydrogen) atoms. The highest BCUT2D eigenvalue weighted by atomic mass is 32.2. The smallest absolute Gasteiger partial charge is 0.227 e. The molecule has 0 unspecified atom stereocenters. The Morgan fingerprint density at radius 3 is 2.37 bits per heavy atom. The highest BCUT2D eigenvalue weighted by Gasteiger charge is 2.31. The van der Waals surface area contributed by atoms with Crippen LogP contribution in [0, 0.1) is 5.92 Å². The van der Waals surface area contributed by atoms with E-state index in [-0.39, 0.29) is 17.6 Å². The maximum absolute atomic E-state index is 12.9. The van der Waals surface area contributed by atoms with E-state index >= 15 is 0 Å². The van der Waals surface area contributed by atoms with Crippen LogP contribution in [0.3, 0.4) is 0 Å². The normalized spacial score (nSPS) is 15.7. The number of para-hydroxylation sites is 3. The average molecular weight is 430 g/mol. The second-order valence-corrected chi connectivity index (χ2v) is 9.83. The van der Waals surface area contributed by atoms with E-state index in [2.05, 4.69) is 5.32 Å². The molecule has 0 radical (unpaired) electrons. The number of hydrogen-bond donors (Lipinski definition) is 1. The predicted molar refractivity (Wildman–Crippen MR) is 123 cm³/mol. The molecule has 0 spiro atoms. The first kappa shape index (κ1) is 22.3. The van der Waals surface area contributed by atoms with Crippen molar-refractivity contribution in [2.45, 2.75) is 32.6 Å². The molecule has 1 fully saturated rings. The van der Waals surface area contributed by atoms with Gasteiger partial charge < -0.3 is 10.2 Å². The van der Waals surface area contributed by atoms with Crippen molar-refractivity contribution in [3.8, 4) is 0 Å². The fraction of sp³-hybridized carbons (Fsp3) is 0.435. The van der Waals surface area contributed by atoms with Crippen LogP contribution in [0.15, 0.2) is 54.6 Å². The van der Waals surface area contributed by atoms with Crippen LogP contribution in [0.5, 0.6) is 0 Å². The van der Waals surface area contributed by atoms with Crippen molar-refractivity contribution in [2.75, 3.05) is 36.1 Å². The highest BCUT2D eigenvalue weighted by Crippen LogP contribution is 2.31. The number of nitrogens with one attached hydrogen (secondary N) is 1. The Hall–Kier alpha value is -2.38. The fourth-order valence-electron chi connectivity index (χ4n) is 3.75. The summed E-state index contributed by atoms with van der Waals surface area (Å²) >= 11 is 0. The summed E-state index contributed by atoms with van der Waals surface area (Å²) in [6, 6.07) is 17.7. The van der Waals surface area contributed by atoms with Crippen LogP contribution in [-0.2, 0) is 14.8 Å². The zero-order valence-electron chi connectivity index (χ0n) is 17.8. The quantitative estimate of drug-likeness (QED) is 0.682. The maximum atomic E-state index is 12.9. The topological polar surface area (TPSA) is 69.7 Å². The summed E-state index contributed by atoms with van der Waals surface area (Å²) in [7, 11) is -1.23. The summed E-state index contributed by atoms with van der Waals surface area (Å²) in [5.74, 6) is -0.0354. The Morgan fingerprint density at radius 2 is 1.70 bits per heavy atom. The van der Waals surface area contributed by atoms with E-state index in [0.717, 1.165) is 23.5 Å². The Morgan fingerprint density at radius 1 is 1.07 bits per heavy atom. The molecular formula is C23H31N3O3S. The number of rotatable bonds is 8. The largest absolute Gasteiger partial charge is 0.343 e. The zero-order valence-corrected chi connectivity index (χ0v) is 18.6. The molecular weight excluding hydrogens is 398 g/mol. The van der Waals surface area contributed by atoms with Crippen molar-refractivity contribution in [1.29, 1.82) is 0 Å². The van der Waals surface area contributed by atoms with Gasteiger partial charge in [-0.25, -0.2) is 12.7 Å². The number of sulfonamides is 1. The summed E-state index contributed by atoms with van der Waals surface area (Å²) in [6.45, 7) is 2.81. The molecule has 0 bridgehead atoms. The Balaban J connectivity index is 1.64. The first-order valence-electron chi connectivity index (χ1n) is 10.6. The third kappa shape index (κ3) is 5.40. The molecule has 0 aromatic heterocycles. The van der Waals surface area contributed by atoms with Crippen molar-refractivity contribution >= 4 is 33.0 Å². The van der Waals surface area contributed by atoms with Crippen LogP contribution in [0.1, 0.15) is 32.6 Å². The molecule has 1 amide bonds. The van der Waals surface area contributed by atoms with Gasteiger partial charge in [0.2, 0.25) is 15.9 Å². The Labute approximate surface area is 179 Å². The lowest BCUT2D eigenvalue weighted by atomic mass is 9.97. The van der Waals surface area contributed by atoms with Crippen molar-refractivity contribution in [2.24, 2.45) is 5.92 Å². The maximum Gasteiger partial charge on any atom is 0.227 e. The molecule has 0 saturated carbocycles. The van der Waals surface area contributed by atoms with Gasteiger partial charge in [-0.2, -0.15) is 0 Å². The number of benzene rings is 2. The van der Waals surface area contributed by atoms with Gasteiger partial charge in [-0.05, 0) is 43.5 Å². The number of piperidine rings is 1. The standard InChI is InChI=1S/C23H31N3O3S/c1-3-4-18-30(28,29)26-16-14-19(15-17-26)23(27)24-21-12-8-9-13-22(21)25(2)20-10-6-5-7-11-20/h5-13,19H,3-4,14-18H2,1-2H3,(H,24,27). The molecule has 1 heterocycles. The Bertz CT molecular complexity index is 939.